The highest BCUT2D eigenvalue weighted by Crippen LogP contribution is 2.43. The molecule has 2 saturated heterocycles. The predicted octanol–water partition coefficient (Wildman–Crippen LogP) is 2.46. The van der Waals surface area contributed by atoms with Crippen molar-refractivity contribution < 1.29 is 4.79 Å². The molecule has 124 valence electrons. The van der Waals surface area contributed by atoms with Crippen molar-refractivity contribution in [2.75, 3.05) is 24.5 Å². The molecule has 1 spiro atoms. The largest absolute Gasteiger partial charge is 0.356 e. The molecule has 3 aliphatic rings. The number of rotatable bonds is 2. The van der Waals surface area contributed by atoms with Gasteiger partial charge < -0.3 is 9.80 Å². The average molecular weight is 314 g/mol. The molecule has 2 aliphatic heterocycles. The van der Waals surface area contributed by atoms with Crippen LogP contribution in [0.3, 0.4) is 0 Å². The molecule has 1 atom stereocenters. The fourth-order valence-corrected chi connectivity index (χ4v) is 4.33. The Kier molecular flexibility index (Phi) is 3.54. The van der Waals surface area contributed by atoms with E-state index in [4.69, 9.17) is 0 Å². The van der Waals surface area contributed by atoms with Crippen LogP contribution in [0.4, 0.5) is 5.82 Å². The molecular weight excluding hydrogens is 288 g/mol. The number of aryl methyl sites for hydroxylation is 1. The zero-order valence-corrected chi connectivity index (χ0v) is 14.2. The van der Waals surface area contributed by atoms with E-state index in [1.165, 1.54) is 31.2 Å². The van der Waals surface area contributed by atoms with Gasteiger partial charge in [-0.3, -0.25) is 4.79 Å². The van der Waals surface area contributed by atoms with Crippen LogP contribution < -0.4 is 4.90 Å². The first kappa shape index (κ1) is 14.9. The lowest BCUT2D eigenvalue weighted by Crippen LogP contribution is -2.54. The maximum atomic E-state index is 12.2. The Bertz CT molecular complexity index is 627. The Balaban J connectivity index is 1.56. The molecule has 0 bridgehead atoms. The van der Waals surface area contributed by atoms with Gasteiger partial charge in [0.05, 0.1) is 0 Å². The number of anilines is 1. The highest BCUT2D eigenvalue weighted by molar-refractivity contribution is 5.78. The molecule has 23 heavy (non-hydrogen) atoms. The van der Waals surface area contributed by atoms with Gasteiger partial charge in [0.1, 0.15) is 12.1 Å². The summed E-state index contributed by atoms with van der Waals surface area (Å²) in [5, 5.41) is 0. The van der Waals surface area contributed by atoms with Gasteiger partial charge in [-0.05, 0) is 46.0 Å². The fourth-order valence-electron chi connectivity index (χ4n) is 4.33. The zero-order chi connectivity index (χ0) is 16.0. The second-order valence-electron chi connectivity index (χ2n) is 7.69. The number of carbonyl (C=O) groups is 1. The lowest BCUT2D eigenvalue weighted by atomic mass is 9.73. The molecule has 0 aromatic carbocycles. The van der Waals surface area contributed by atoms with E-state index in [0.717, 1.165) is 44.0 Å². The van der Waals surface area contributed by atoms with Gasteiger partial charge in [-0.2, -0.15) is 0 Å². The van der Waals surface area contributed by atoms with E-state index in [9.17, 15) is 4.79 Å². The molecule has 1 unspecified atom stereocenters. The van der Waals surface area contributed by atoms with E-state index in [-0.39, 0.29) is 5.41 Å². The van der Waals surface area contributed by atoms with Crippen LogP contribution in [0.5, 0.6) is 0 Å². The lowest BCUT2D eigenvalue weighted by molar-refractivity contribution is -0.138. The molecule has 5 nitrogen and oxygen atoms in total. The third-order valence-corrected chi connectivity index (χ3v) is 5.95. The molecule has 1 saturated carbocycles. The van der Waals surface area contributed by atoms with E-state index < -0.39 is 0 Å². The third kappa shape index (κ3) is 2.70. The van der Waals surface area contributed by atoms with Gasteiger partial charge in [-0.15, -0.1) is 0 Å². The van der Waals surface area contributed by atoms with E-state index in [1.807, 2.05) is 6.92 Å². The smallest absolute Gasteiger partial charge is 0.222 e. The summed E-state index contributed by atoms with van der Waals surface area (Å²) >= 11 is 0. The van der Waals surface area contributed by atoms with Gasteiger partial charge >= 0.3 is 0 Å². The first-order chi connectivity index (χ1) is 11.1. The average Bonchev–Trinajstić information content (AvgIpc) is 3.38. The molecule has 3 heterocycles. The Morgan fingerprint density at radius 2 is 2.00 bits per heavy atom. The first-order valence-electron chi connectivity index (χ1n) is 8.91. The van der Waals surface area contributed by atoms with Gasteiger partial charge in [-0.25, -0.2) is 9.97 Å². The summed E-state index contributed by atoms with van der Waals surface area (Å²) in [4.78, 5) is 25.7. The summed E-state index contributed by atoms with van der Waals surface area (Å²) in [6.45, 7) is 7.22. The van der Waals surface area contributed by atoms with Gasteiger partial charge in [0.15, 0.2) is 0 Å². The highest BCUT2D eigenvalue weighted by Gasteiger charge is 2.45. The molecule has 4 rings (SSSR count). The van der Waals surface area contributed by atoms with Crippen molar-refractivity contribution in [3.05, 3.63) is 17.6 Å². The molecule has 3 fully saturated rings. The van der Waals surface area contributed by atoms with Crippen molar-refractivity contribution in [3.63, 3.8) is 0 Å². The summed E-state index contributed by atoms with van der Waals surface area (Å²) in [6, 6.07) is 0.540. The number of nitrogens with zero attached hydrogens (tertiary/aromatic N) is 4. The van der Waals surface area contributed by atoms with E-state index >= 15 is 0 Å². The van der Waals surface area contributed by atoms with Crippen molar-refractivity contribution in [1.82, 2.24) is 14.9 Å². The van der Waals surface area contributed by atoms with E-state index in [1.54, 1.807) is 6.33 Å². The van der Waals surface area contributed by atoms with Crippen LogP contribution >= 0.6 is 0 Å². The van der Waals surface area contributed by atoms with Crippen LogP contribution in [0.1, 0.15) is 49.8 Å². The molecule has 1 amide bonds. The van der Waals surface area contributed by atoms with Gasteiger partial charge in [0, 0.05) is 48.8 Å². The summed E-state index contributed by atoms with van der Waals surface area (Å²) in [6.07, 6.45) is 8.28. The van der Waals surface area contributed by atoms with Crippen LogP contribution in [-0.2, 0) is 4.79 Å². The van der Waals surface area contributed by atoms with Gasteiger partial charge in [0.25, 0.3) is 0 Å². The second kappa shape index (κ2) is 5.46. The lowest BCUT2D eigenvalue weighted by Gasteiger charge is -2.49. The molecular formula is C18H26N4O. The second-order valence-corrected chi connectivity index (χ2v) is 7.69. The van der Waals surface area contributed by atoms with Crippen LogP contribution in [0.2, 0.25) is 0 Å². The summed E-state index contributed by atoms with van der Waals surface area (Å²) in [5.74, 6) is 1.47. The molecule has 1 aliphatic carbocycles. The number of amides is 1. The monoisotopic (exact) mass is 314 g/mol. The number of hydrogen-bond acceptors (Lipinski definition) is 4. The number of hydrogen-bond donors (Lipinski definition) is 0. The van der Waals surface area contributed by atoms with Gasteiger partial charge in [-0.1, -0.05) is 0 Å². The van der Waals surface area contributed by atoms with E-state index in [2.05, 4.69) is 26.7 Å². The van der Waals surface area contributed by atoms with Crippen LogP contribution in [0, 0.1) is 19.3 Å². The Morgan fingerprint density at radius 1 is 1.17 bits per heavy atom. The first-order valence-corrected chi connectivity index (χ1v) is 8.91. The Hall–Kier alpha value is -1.65. The molecule has 0 radical (unpaired) electrons. The molecule has 1 aromatic rings. The van der Waals surface area contributed by atoms with Crippen molar-refractivity contribution in [2.45, 2.75) is 58.4 Å². The zero-order valence-electron chi connectivity index (χ0n) is 14.2. The van der Waals surface area contributed by atoms with Gasteiger partial charge in [0.2, 0.25) is 5.91 Å². The molecule has 5 heteroatoms. The normalized spacial score (nSPS) is 28.5. The Labute approximate surface area is 138 Å². The quantitative estimate of drug-likeness (QED) is 0.841. The summed E-state index contributed by atoms with van der Waals surface area (Å²) in [7, 11) is 0. The van der Waals surface area contributed by atoms with Crippen molar-refractivity contribution >= 4 is 11.7 Å². The van der Waals surface area contributed by atoms with Crippen LogP contribution in [-0.4, -0.2) is 46.5 Å². The maximum Gasteiger partial charge on any atom is 0.222 e. The topological polar surface area (TPSA) is 49.3 Å². The minimum Gasteiger partial charge on any atom is -0.356 e. The van der Waals surface area contributed by atoms with Crippen LogP contribution in [0.15, 0.2) is 6.33 Å². The molecule has 1 aromatic heterocycles. The maximum absolute atomic E-state index is 12.2. The van der Waals surface area contributed by atoms with Crippen molar-refractivity contribution in [1.29, 1.82) is 0 Å². The molecule has 0 N–H and O–H groups in total. The number of aromatic nitrogens is 2. The number of carbonyl (C=O) groups excluding carboxylic acids is 1. The summed E-state index contributed by atoms with van der Waals surface area (Å²) < 4.78 is 0. The summed E-state index contributed by atoms with van der Waals surface area (Å²) in [5.41, 5.74) is 2.52. The number of likely N-dealkylation sites (tertiary alicyclic amines) is 1. The highest BCUT2D eigenvalue weighted by atomic mass is 16.2. The number of piperidine rings is 2. The fraction of sp³-hybridized carbons (Fsp3) is 0.722. The minimum absolute atomic E-state index is 0.264. The standard InChI is InChI=1S/C18H26N4O/c1-13-14(2)19-12-20-17(13)21-9-3-7-18(10-21)8-6-16(23)22(11-18)15-4-5-15/h12,15H,3-11H2,1-2H3. The van der Waals surface area contributed by atoms with Crippen LogP contribution in [0.25, 0.3) is 0 Å². The Morgan fingerprint density at radius 3 is 2.78 bits per heavy atom. The third-order valence-electron chi connectivity index (χ3n) is 5.95. The van der Waals surface area contributed by atoms with Crippen molar-refractivity contribution in [3.8, 4) is 0 Å². The predicted molar refractivity (Wildman–Crippen MR) is 89.4 cm³/mol. The minimum atomic E-state index is 0.264. The van der Waals surface area contributed by atoms with E-state index in [0.29, 0.717) is 11.9 Å². The van der Waals surface area contributed by atoms with Crippen molar-refractivity contribution in [2.24, 2.45) is 5.41 Å². The SMILES string of the molecule is Cc1ncnc(N2CCCC3(CCC(=O)N(C4CC4)C3)C2)c1C.